The number of hydrogen-bond donors (Lipinski definition) is 0. The summed E-state index contributed by atoms with van der Waals surface area (Å²) in [6.45, 7) is 10.0. The monoisotopic (exact) mass is 534 g/mol. The van der Waals surface area contributed by atoms with Crippen LogP contribution in [0.25, 0.3) is 6.08 Å². The summed E-state index contributed by atoms with van der Waals surface area (Å²) in [5.41, 5.74) is 1.94. The molecule has 0 unspecified atom stereocenters. The Kier molecular flexibility index (Phi) is 8.48. The van der Waals surface area contributed by atoms with E-state index in [1.165, 1.54) is 11.3 Å². The first-order chi connectivity index (χ1) is 18.4. The van der Waals surface area contributed by atoms with Crippen LogP contribution in [0.15, 0.2) is 76.2 Å². The van der Waals surface area contributed by atoms with Crippen LogP contribution < -0.4 is 29.1 Å². The van der Waals surface area contributed by atoms with E-state index in [2.05, 4.69) is 11.6 Å². The van der Waals surface area contributed by atoms with Crippen LogP contribution in [0.5, 0.6) is 17.2 Å². The largest absolute Gasteiger partial charge is 0.493 e. The summed E-state index contributed by atoms with van der Waals surface area (Å²) in [6, 6.07) is 12.1. The fraction of sp³-hybridized carbons (Fsp3) is 0.276. The summed E-state index contributed by atoms with van der Waals surface area (Å²) in [5, 5.41) is 0. The molecule has 198 valence electrons. The van der Waals surface area contributed by atoms with Gasteiger partial charge in [-0.05, 0) is 50.6 Å². The lowest BCUT2D eigenvalue weighted by Crippen LogP contribution is -2.40. The molecule has 3 aromatic rings. The predicted octanol–water partition coefficient (Wildman–Crippen LogP) is 3.77. The van der Waals surface area contributed by atoms with E-state index >= 15 is 0 Å². The lowest BCUT2D eigenvalue weighted by Gasteiger charge is -2.25. The van der Waals surface area contributed by atoms with Crippen molar-refractivity contribution in [1.82, 2.24) is 4.57 Å². The first-order valence-corrected chi connectivity index (χ1v) is 13.1. The number of carbonyl (C=O) groups is 1. The fourth-order valence-corrected chi connectivity index (χ4v) is 5.30. The van der Waals surface area contributed by atoms with E-state index in [0.717, 1.165) is 5.56 Å². The number of aromatic nitrogens is 1. The summed E-state index contributed by atoms with van der Waals surface area (Å²) in [4.78, 5) is 32.2. The van der Waals surface area contributed by atoms with Gasteiger partial charge in [-0.25, -0.2) is 9.79 Å². The van der Waals surface area contributed by atoms with Gasteiger partial charge in [0, 0.05) is 5.56 Å². The molecule has 9 heteroatoms. The highest BCUT2D eigenvalue weighted by Crippen LogP contribution is 2.36. The molecule has 38 heavy (non-hydrogen) atoms. The van der Waals surface area contributed by atoms with Gasteiger partial charge < -0.3 is 18.9 Å². The zero-order chi connectivity index (χ0) is 27.2. The van der Waals surface area contributed by atoms with Gasteiger partial charge in [-0.2, -0.15) is 0 Å². The molecule has 0 radical (unpaired) electrons. The Labute approximate surface area is 224 Å². The van der Waals surface area contributed by atoms with E-state index in [-0.39, 0.29) is 12.2 Å². The molecule has 2 heterocycles. The number of ether oxygens (including phenoxy) is 4. The van der Waals surface area contributed by atoms with Gasteiger partial charge in [0.15, 0.2) is 16.3 Å². The maximum absolute atomic E-state index is 13.9. The van der Waals surface area contributed by atoms with Crippen LogP contribution in [-0.4, -0.2) is 37.5 Å². The number of para-hydroxylation sites is 1. The molecule has 0 spiro atoms. The summed E-state index contributed by atoms with van der Waals surface area (Å²) >= 11 is 1.25. The number of thiazole rings is 1. The second-order valence-electron chi connectivity index (χ2n) is 8.28. The molecular weight excluding hydrogens is 504 g/mol. The summed E-state index contributed by atoms with van der Waals surface area (Å²) in [5.74, 6) is 1.18. The predicted molar refractivity (Wildman–Crippen MR) is 147 cm³/mol. The van der Waals surface area contributed by atoms with Crippen LogP contribution in [-0.2, 0) is 9.53 Å². The second kappa shape index (κ2) is 12.0. The molecule has 2 aromatic carbocycles. The van der Waals surface area contributed by atoms with Crippen molar-refractivity contribution in [3.63, 3.8) is 0 Å². The molecule has 1 aliphatic heterocycles. The van der Waals surface area contributed by atoms with E-state index in [4.69, 9.17) is 18.9 Å². The van der Waals surface area contributed by atoms with Gasteiger partial charge in [0.2, 0.25) is 0 Å². The maximum atomic E-state index is 13.9. The molecule has 0 amide bonds. The molecule has 0 saturated heterocycles. The second-order valence-corrected chi connectivity index (χ2v) is 9.29. The van der Waals surface area contributed by atoms with Crippen molar-refractivity contribution in [2.75, 3.05) is 26.9 Å². The molecule has 1 atom stereocenters. The standard InChI is InChI=1S/C29H30N2O6S/c1-6-15-37-21-12-10-9-11-19(21)17-24-27(32)31-26(20-13-14-22(34-5)23(16-20)35-7-2)25(28(33)36-8-3)18(4)30-29(31)38-24/h6,9-14,16-17,26H,1,7-8,15H2,2-5H3/b24-17+/t26-/m1/s1. The van der Waals surface area contributed by atoms with Gasteiger partial charge in [0.05, 0.1) is 42.2 Å². The highest BCUT2D eigenvalue weighted by Gasteiger charge is 2.34. The van der Waals surface area contributed by atoms with Crippen molar-refractivity contribution in [1.29, 1.82) is 0 Å². The molecule has 0 aliphatic carbocycles. The van der Waals surface area contributed by atoms with E-state index in [0.29, 0.717) is 56.6 Å². The minimum Gasteiger partial charge on any atom is -0.493 e. The van der Waals surface area contributed by atoms with Crippen LogP contribution in [0.4, 0.5) is 0 Å². The van der Waals surface area contributed by atoms with E-state index in [9.17, 15) is 9.59 Å². The molecule has 1 aromatic heterocycles. The van der Waals surface area contributed by atoms with Crippen LogP contribution in [0, 0.1) is 0 Å². The normalized spacial score (nSPS) is 14.9. The number of allylic oxidation sites excluding steroid dienone is 1. The smallest absolute Gasteiger partial charge is 0.338 e. The van der Waals surface area contributed by atoms with Gasteiger partial charge in [-0.3, -0.25) is 9.36 Å². The molecular formula is C29H30N2O6S. The number of esters is 1. The fourth-order valence-electron chi connectivity index (χ4n) is 4.26. The Balaban J connectivity index is 1.95. The third-order valence-corrected chi connectivity index (χ3v) is 6.87. The molecule has 0 bridgehead atoms. The molecule has 0 fully saturated rings. The van der Waals surface area contributed by atoms with Gasteiger partial charge in [0.1, 0.15) is 12.4 Å². The average Bonchev–Trinajstić information content (AvgIpc) is 3.21. The zero-order valence-corrected chi connectivity index (χ0v) is 22.7. The zero-order valence-electron chi connectivity index (χ0n) is 21.9. The number of benzene rings is 2. The van der Waals surface area contributed by atoms with Crippen molar-refractivity contribution in [2.24, 2.45) is 4.99 Å². The van der Waals surface area contributed by atoms with Crippen LogP contribution in [0.2, 0.25) is 0 Å². The lowest BCUT2D eigenvalue weighted by atomic mass is 9.95. The Morgan fingerprint density at radius 3 is 2.61 bits per heavy atom. The van der Waals surface area contributed by atoms with Crippen LogP contribution in [0.3, 0.4) is 0 Å². The Hall–Kier alpha value is -4.11. The van der Waals surface area contributed by atoms with Crippen molar-refractivity contribution >= 4 is 23.4 Å². The van der Waals surface area contributed by atoms with Gasteiger partial charge in [0.25, 0.3) is 5.56 Å². The van der Waals surface area contributed by atoms with Gasteiger partial charge in [-0.15, -0.1) is 0 Å². The van der Waals surface area contributed by atoms with Crippen molar-refractivity contribution in [2.45, 2.75) is 26.8 Å². The lowest BCUT2D eigenvalue weighted by molar-refractivity contribution is -0.139. The molecule has 0 saturated carbocycles. The summed E-state index contributed by atoms with van der Waals surface area (Å²) in [6.07, 6.45) is 3.44. The number of methoxy groups -OCH3 is 1. The van der Waals surface area contributed by atoms with E-state index < -0.39 is 12.0 Å². The Bertz CT molecular complexity index is 1570. The number of nitrogens with zero attached hydrogens (tertiary/aromatic N) is 2. The van der Waals surface area contributed by atoms with E-state index in [1.54, 1.807) is 49.8 Å². The topological polar surface area (TPSA) is 88.3 Å². The molecule has 8 nitrogen and oxygen atoms in total. The number of rotatable bonds is 10. The van der Waals surface area contributed by atoms with Crippen molar-refractivity contribution in [3.8, 4) is 17.2 Å². The summed E-state index contributed by atoms with van der Waals surface area (Å²) < 4.78 is 24.4. The average molecular weight is 535 g/mol. The van der Waals surface area contributed by atoms with Gasteiger partial charge in [-0.1, -0.05) is 48.3 Å². The summed E-state index contributed by atoms with van der Waals surface area (Å²) in [7, 11) is 1.56. The first kappa shape index (κ1) is 26.9. The quantitative estimate of drug-likeness (QED) is 0.291. The minimum atomic E-state index is -0.759. The van der Waals surface area contributed by atoms with Crippen LogP contribution >= 0.6 is 11.3 Å². The Morgan fingerprint density at radius 2 is 1.89 bits per heavy atom. The Morgan fingerprint density at radius 1 is 1.11 bits per heavy atom. The SMILES string of the molecule is C=CCOc1ccccc1/C=c1/sc2n(c1=O)[C@H](c1ccc(OC)c(OCC)c1)C(C(=O)OCC)=C(C)N=2. The third-order valence-electron chi connectivity index (χ3n) is 5.88. The first-order valence-electron chi connectivity index (χ1n) is 12.3. The minimum absolute atomic E-state index is 0.195. The molecule has 4 rings (SSSR count). The van der Waals surface area contributed by atoms with Crippen molar-refractivity contribution in [3.05, 3.63) is 97.2 Å². The third kappa shape index (κ3) is 5.28. The molecule has 0 N–H and O–H groups in total. The van der Waals surface area contributed by atoms with Crippen molar-refractivity contribution < 1.29 is 23.7 Å². The number of carbonyl (C=O) groups excluding carboxylic acids is 1. The maximum Gasteiger partial charge on any atom is 0.338 e. The number of hydrogen-bond acceptors (Lipinski definition) is 8. The number of fused-ring (bicyclic) bond motifs is 1. The highest BCUT2D eigenvalue weighted by molar-refractivity contribution is 7.07. The molecule has 1 aliphatic rings. The van der Waals surface area contributed by atoms with E-state index in [1.807, 2.05) is 37.3 Å². The van der Waals surface area contributed by atoms with Gasteiger partial charge >= 0.3 is 5.97 Å². The highest BCUT2D eigenvalue weighted by atomic mass is 32.1. The van der Waals surface area contributed by atoms with Crippen LogP contribution in [0.1, 0.15) is 37.9 Å².